The molecular formula is C23H23FN2O2. The summed E-state index contributed by atoms with van der Waals surface area (Å²) in [5, 5.41) is 2.91. The maximum atomic E-state index is 13.3. The van der Waals surface area contributed by atoms with Gasteiger partial charge < -0.3 is 9.88 Å². The van der Waals surface area contributed by atoms with E-state index >= 15 is 0 Å². The predicted molar refractivity (Wildman–Crippen MR) is 109 cm³/mol. The molecule has 5 heteroatoms. The van der Waals surface area contributed by atoms with E-state index in [1.807, 2.05) is 39.0 Å². The molecule has 0 atom stereocenters. The second-order valence-corrected chi connectivity index (χ2v) is 7.03. The maximum absolute atomic E-state index is 13.3. The number of hydrogen-bond donors (Lipinski definition) is 1. The first-order valence-electron chi connectivity index (χ1n) is 9.10. The molecule has 1 heterocycles. The Morgan fingerprint density at radius 3 is 2.25 bits per heavy atom. The number of benzene rings is 2. The van der Waals surface area contributed by atoms with Crippen LogP contribution in [0.4, 0.5) is 10.1 Å². The van der Waals surface area contributed by atoms with Gasteiger partial charge in [0.1, 0.15) is 12.4 Å². The van der Waals surface area contributed by atoms with Gasteiger partial charge in [-0.25, -0.2) is 4.39 Å². The van der Waals surface area contributed by atoms with Crippen LogP contribution in [0.5, 0.6) is 0 Å². The van der Waals surface area contributed by atoms with Crippen molar-refractivity contribution in [1.29, 1.82) is 0 Å². The summed E-state index contributed by atoms with van der Waals surface area (Å²) in [4.78, 5) is 24.7. The Balaban J connectivity index is 1.93. The van der Waals surface area contributed by atoms with E-state index in [1.165, 1.54) is 19.1 Å². The monoisotopic (exact) mass is 378 g/mol. The molecule has 2 aromatic carbocycles. The molecule has 1 aromatic heterocycles. The maximum Gasteiger partial charge on any atom is 0.244 e. The molecule has 3 rings (SSSR count). The third kappa shape index (κ3) is 4.03. The Hall–Kier alpha value is -3.21. The number of amides is 1. The number of rotatable bonds is 5. The van der Waals surface area contributed by atoms with Crippen molar-refractivity contribution in [3.05, 3.63) is 76.7 Å². The third-order valence-electron chi connectivity index (χ3n) is 4.98. The molecule has 1 N–H and O–H groups in total. The van der Waals surface area contributed by atoms with Crippen LogP contribution in [0.2, 0.25) is 0 Å². The highest BCUT2D eigenvalue weighted by Crippen LogP contribution is 2.27. The highest BCUT2D eigenvalue weighted by molar-refractivity contribution is 5.97. The largest absolute Gasteiger partial charge is 0.335 e. The summed E-state index contributed by atoms with van der Waals surface area (Å²) in [5.74, 6) is -0.604. The first kappa shape index (κ1) is 19.5. The fourth-order valence-corrected chi connectivity index (χ4v) is 3.23. The smallest absolute Gasteiger partial charge is 0.244 e. The minimum atomic E-state index is -0.335. The molecule has 3 aromatic rings. The Morgan fingerprint density at radius 1 is 0.964 bits per heavy atom. The van der Waals surface area contributed by atoms with E-state index in [4.69, 9.17) is 0 Å². The van der Waals surface area contributed by atoms with Crippen molar-refractivity contribution < 1.29 is 14.0 Å². The lowest BCUT2D eigenvalue weighted by molar-refractivity contribution is -0.116. The van der Waals surface area contributed by atoms with Crippen molar-refractivity contribution in [3.63, 3.8) is 0 Å². The molecule has 144 valence electrons. The van der Waals surface area contributed by atoms with Gasteiger partial charge in [-0.05, 0) is 86.8 Å². The van der Waals surface area contributed by atoms with Gasteiger partial charge in [-0.1, -0.05) is 6.07 Å². The second-order valence-electron chi connectivity index (χ2n) is 7.03. The van der Waals surface area contributed by atoms with Gasteiger partial charge in [0.05, 0.1) is 0 Å². The average Bonchev–Trinajstić information content (AvgIpc) is 2.96. The molecule has 0 aliphatic heterocycles. The fraction of sp³-hybridized carbons (Fsp3) is 0.217. The second kappa shape index (κ2) is 7.80. The Kier molecular flexibility index (Phi) is 5.45. The molecule has 1 amide bonds. The molecule has 4 nitrogen and oxygen atoms in total. The normalized spacial score (nSPS) is 10.8. The van der Waals surface area contributed by atoms with Crippen molar-refractivity contribution in [2.24, 2.45) is 0 Å². The molecule has 0 aliphatic rings. The zero-order chi connectivity index (χ0) is 20.4. The molecule has 0 radical (unpaired) electrons. The van der Waals surface area contributed by atoms with Crippen LogP contribution in [0.1, 0.15) is 34.1 Å². The first-order chi connectivity index (χ1) is 13.3. The Bertz CT molecular complexity index is 1050. The van der Waals surface area contributed by atoms with Crippen LogP contribution in [0, 0.1) is 26.6 Å². The topological polar surface area (TPSA) is 51.1 Å². The van der Waals surface area contributed by atoms with Gasteiger partial charge in [0.15, 0.2) is 5.78 Å². The van der Waals surface area contributed by atoms with Crippen LogP contribution in [0.15, 0.2) is 48.5 Å². The molecule has 28 heavy (non-hydrogen) atoms. The molecule has 0 unspecified atom stereocenters. The van der Waals surface area contributed by atoms with Gasteiger partial charge in [-0.3, -0.25) is 9.59 Å². The van der Waals surface area contributed by atoms with Gasteiger partial charge in [0.25, 0.3) is 0 Å². The van der Waals surface area contributed by atoms with Crippen molar-refractivity contribution in [2.75, 3.05) is 5.32 Å². The molecular weight excluding hydrogens is 355 g/mol. The summed E-state index contributed by atoms with van der Waals surface area (Å²) in [6, 6.07) is 13.5. The fourth-order valence-electron chi connectivity index (χ4n) is 3.23. The minimum absolute atomic E-state index is 0.0543. The van der Waals surface area contributed by atoms with Crippen molar-refractivity contribution >= 4 is 17.4 Å². The number of nitrogens with zero attached hydrogens (tertiary/aromatic N) is 1. The zero-order valence-corrected chi connectivity index (χ0v) is 16.5. The van der Waals surface area contributed by atoms with Gasteiger partial charge in [0.2, 0.25) is 5.91 Å². The van der Waals surface area contributed by atoms with Gasteiger partial charge in [0, 0.05) is 22.6 Å². The minimum Gasteiger partial charge on any atom is -0.335 e. The Labute approximate surface area is 164 Å². The molecule has 0 bridgehead atoms. The van der Waals surface area contributed by atoms with Crippen molar-refractivity contribution in [3.8, 4) is 11.3 Å². The summed E-state index contributed by atoms with van der Waals surface area (Å²) in [6.07, 6.45) is 0. The van der Waals surface area contributed by atoms with Crippen LogP contribution in [-0.4, -0.2) is 16.3 Å². The molecule has 0 saturated carbocycles. The van der Waals surface area contributed by atoms with E-state index in [2.05, 4.69) is 5.32 Å². The number of Topliss-reactive ketones (excluding diaryl/α,β-unsaturated/α-hetero) is 1. The van der Waals surface area contributed by atoms with Gasteiger partial charge in [-0.2, -0.15) is 0 Å². The third-order valence-corrected chi connectivity index (χ3v) is 4.98. The van der Waals surface area contributed by atoms with Crippen LogP contribution in [0.3, 0.4) is 0 Å². The van der Waals surface area contributed by atoms with E-state index in [9.17, 15) is 14.0 Å². The Morgan fingerprint density at radius 2 is 1.64 bits per heavy atom. The molecule has 0 fully saturated rings. The SMILES string of the molecule is CC(=O)c1cc(-c2ccc(F)cc2)n(CC(=O)Nc2ccc(C)c(C)c2)c1C. The number of aromatic nitrogens is 1. The number of carbonyl (C=O) groups excluding carboxylic acids is 2. The zero-order valence-electron chi connectivity index (χ0n) is 16.5. The predicted octanol–water partition coefficient (Wildman–Crippen LogP) is 5.06. The summed E-state index contributed by atoms with van der Waals surface area (Å²) >= 11 is 0. The summed E-state index contributed by atoms with van der Waals surface area (Å²) in [6.45, 7) is 7.37. The first-order valence-corrected chi connectivity index (χ1v) is 9.10. The summed E-state index contributed by atoms with van der Waals surface area (Å²) in [5.41, 5.74) is 5.70. The summed E-state index contributed by atoms with van der Waals surface area (Å²) in [7, 11) is 0. The van der Waals surface area contributed by atoms with Gasteiger partial charge >= 0.3 is 0 Å². The molecule has 0 saturated heterocycles. The van der Waals surface area contributed by atoms with Crippen LogP contribution in [-0.2, 0) is 11.3 Å². The lowest BCUT2D eigenvalue weighted by atomic mass is 10.1. The number of anilines is 1. The standard InChI is InChI=1S/C23H23FN2O2/c1-14-5-10-20(11-15(14)2)25-23(28)13-26-16(3)21(17(4)27)12-22(26)18-6-8-19(24)9-7-18/h5-12H,13H2,1-4H3,(H,25,28). The van der Waals surface area contributed by atoms with E-state index in [-0.39, 0.29) is 24.1 Å². The van der Waals surface area contributed by atoms with E-state index in [0.29, 0.717) is 17.0 Å². The van der Waals surface area contributed by atoms with Crippen LogP contribution >= 0.6 is 0 Å². The van der Waals surface area contributed by atoms with Crippen molar-refractivity contribution in [1.82, 2.24) is 4.57 Å². The molecule has 0 spiro atoms. The lowest BCUT2D eigenvalue weighted by Gasteiger charge is -2.13. The number of nitrogens with one attached hydrogen (secondary N) is 1. The van der Waals surface area contributed by atoms with Gasteiger partial charge in [-0.15, -0.1) is 0 Å². The summed E-state index contributed by atoms with van der Waals surface area (Å²) < 4.78 is 15.1. The average molecular weight is 378 g/mol. The highest BCUT2D eigenvalue weighted by atomic mass is 19.1. The number of halogens is 1. The molecule has 0 aliphatic carbocycles. The lowest BCUT2D eigenvalue weighted by Crippen LogP contribution is -2.20. The number of aryl methyl sites for hydroxylation is 2. The number of carbonyl (C=O) groups is 2. The number of hydrogen-bond acceptors (Lipinski definition) is 2. The van der Waals surface area contributed by atoms with E-state index in [1.54, 1.807) is 22.8 Å². The van der Waals surface area contributed by atoms with E-state index in [0.717, 1.165) is 22.4 Å². The van der Waals surface area contributed by atoms with Crippen LogP contribution < -0.4 is 5.32 Å². The quantitative estimate of drug-likeness (QED) is 0.631. The van der Waals surface area contributed by atoms with Crippen LogP contribution in [0.25, 0.3) is 11.3 Å². The highest BCUT2D eigenvalue weighted by Gasteiger charge is 2.18. The number of ketones is 1. The van der Waals surface area contributed by atoms with E-state index < -0.39 is 0 Å². The van der Waals surface area contributed by atoms with Crippen molar-refractivity contribution in [2.45, 2.75) is 34.2 Å².